The number of halogens is 2. The summed E-state index contributed by atoms with van der Waals surface area (Å²) in [5.41, 5.74) is 1.19. The first-order chi connectivity index (χ1) is 9.38. The van der Waals surface area contributed by atoms with Gasteiger partial charge in [-0.3, -0.25) is 4.79 Å². The number of hydrogen-bond acceptors (Lipinski definition) is 3. The zero-order valence-electron chi connectivity index (χ0n) is 10.7. The number of carboxylic acid groups (broad SMARTS) is 1. The summed E-state index contributed by atoms with van der Waals surface area (Å²) in [5.74, 6) is -1.48. The summed E-state index contributed by atoms with van der Waals surface area (Å²) in [6.07, 6.45) is -1.04. The van der Waals surface area contributed by atoms with Crippen LogP contribution in [0.1, 0.15) is 18.4 Å². The summed E-state index contributed by atoms with van der Waals surface area (Å²) in [7, 11) is 0. The first-order valence-corrected chi connectivity index (χ1v) is 6.79. The van der Waals surface area contributed by atoms with E-state index in [4.69, 9.17) is 33.0 Å². The molecule has 1 aromatic rings. The van der Waals surface area contributed by atoms with Crippen molar-refractivity contribution < 1.29 is 19.4 Å². The van der Waals surface area contributed by atoms with E-state index in [0.717, 1.165) is 5.56 Å². The number of anilines is 1. The number of benzene rings is 1. The molecule has 108 valence electrons. The van der Waals surface area contributed by atoms with E-state index < -0.39 is 24.1 Å². The third kappa shape index (κ3) is 3.23. The van der Waals surface area contributed by atoms with Gasteiger partial charge in [-0.2, -0.15) is 0 Å². The molecule has 1 aromatic carbocycles. The van der Waals surface area contributed by atoms with Crippen LogP contribution >= 0.6 is 23.2 Å². The zero-order chi connectivity index (χ0) is 14.9. The second kappa shape index (κ2) is 5.99. The lowest BCUT2D eigenvalue weighted by Gasteiger charge is -2.13. The average molecular weight is 318 g/mol. The molecule has 1 saturated heterocycles. The lowest BCUT2D eigenvalue weighted by Crippen LogP contribution is -2.30. The Kier molecular flexibility index (Phi) is 4.52. The van der Waals surface area contributed by atoms with Gasteiger partial charge in [0.2, 0.25) is 0 Å². The van der Waals surface area contributed by atoms with Crippen LogP contribution in [0.2, 0.25) is 10.0 Å². The molecule has 1 heterocycles. The molecule has 2 atom stereocenters. The Labute approximate surface area is 125 Å². The van der Waals surface area contributed by atoms with Crippen LogP contribution < -0.4 is 5.32 Å². The highest BCUT2D eigenvalue weighted by Gasteiger charge is 2.34. The first kappa shape index (κ1) is 15.1. The van der Waals surface area contributed by atoms with Gasteiger partial charge in [-0.15, -0.1) is 0 Å². The molecule has 1 amide bonds. The number of aryl methyl sites for hydroxylation is 1. The van der Waals surface area contributed by atoms with Crippen LogP contribution in [0.25, 0.3) is 0 Å². The summed E-state index contributed by atoms with van der Waals surface area (Å²) < 4.78 is 5.16. The average Bonchev–Trinajstić information content (AvgIpc) is 2.85. The highest BCUT2D eigenvalue weighted by molar-refractivity contribution is 6.36. The fourth-order valence-corrected chi connectivity index (χ4v) is 2.40. The molecule has 0 spiro atoms. The van der Waals surface area contributed by atoms with Gasteiger partial charge in [0.15, 0.2) is 6.10 Å². The third-order valence-corrected chi connectivity index (χ3v) is 3.81. The van der Waals surface area contributed by atoms with Crippen molar-refractivity contribution in [2.75, 3.05) is 5.32 Å². The molecular formula is C13H13Cl2NO4. The van der Waals surface area contributed by atoms with E-state index in [1.165, 1.54) is 0 Å². The molecule has 0 radical (unpaired) electrons. The molecule has 7 heteroatoms. The second-order valence-electron chi connectivity index (χ2n) is 4.60. The summed E-state index contributed by atoms with van der Waals surface area (Å²) in [6, 6.07) is 3.20. The first-order valence-electron chi connectivity index (χ1n) is 6.03. The Balaban J connectivity index is 2.06. The highest BCUT2D eigenvalue weighted by Crippen LogP contribution is 2.30. The minimum Gasteiger partial charge on any atom is -0.479 e. The van der Waals surface area contributed by atoms with Crippen LogP contribution in [0.15, 0.2) is 12.1 Å². The summed E-state index contributed by atoms with van der Waals surface area (Å²) in [5, 5.41) is 12.3. The van der Waals surface area contributed by atoms with E-state index in [1.54, 1.807) is 19.1 Å². The van der Waals surface area contributed by atoms with Crippen LogP contribution in [-0.4, -0.2) is 29.2 Å². The zero-order valence-corrected chi connectivity index (χ0v) is 12.2. The quantitative estimate of drug-likeness (QED) is 0.898. The Morgan fingerprint density at radius 3 is 2.50 bits per heavy atom. The predicted molar refractivity (Wildman–Crippen MR) is 75.4 cm³/mol. The minimum atomic E-state index is -1.06. The van der Waals surface area contributed by atoms with Crippen molar-refractivity contribution in [3.8, 4) is 0 Å². The number of carbonyl (C=O) groups excluding carboxylic acids is 1. The topological polar surface area (TPSA) is 75.6 Å². The van der Waals surface area contributed by atoms with Gasteiger partial charge in [-0.05, 0) is 37.5 Å². The molecule has 1 aliphatic rings. The highest BCUT2D eigenvalue weighted by atomic mass is 35.5. The summed E-state index contributed by atoms with van der Waals surface area (Å²) in [4.78, 5) is 22.8. The summed E-state index contributed by atoms with van der Waals surface area (Å²) in [6.45, 7) is 1.80. The van der Waals surface area contributed by atoms with Gasteiger partial charge in [0.25, 0.3) is 5.91 Å². The summed E-state index contributed by atoms with van der Waals surface area (Å²) >= 11 is 12.0. The maximum absolute atomic E-state index is 12.0. The molecule has 1 fully saturated rings. The van der Waals surface area contributed by atoms with Crippen molar-refractivity contribution >= 4 is 40.8 Å². The molecule has 20 heavy (non-hydrogen) atoms. The van der Waals surface area contributed by atoms with Gasteiger partial charge >= 0.3 is 5.97 Å². The number of amides is 1. The van der Waals surface area contributed by atoms with Crippen LogP contribution in [0, 0.1) is 6.92 Å². The van der Waals surface area contributed by atoms with E-state index in [0.29, 0.717) is 28.6 Å². The number of carbonyl (C=O) groups is 2. The maximum Gasteiger partial charge on any atom is 0.332 e. The van der Waals surface area contributed by atoms with Crippen LogP contribution in [0.4, 0.5) is 5.69 Å². The number of hydrogen-bond donors (Lipinski definition) is 2. The van der Waals surface area contributed by atoms with E-state index in [9.17, 15) is 9.59 Å². The molecule has 5 nitrogen and oxygen atoms in total. The number of aliphatic carboxylic acids is 1. The van der Waals surface area contributed by atoms with E-state index in [1.807, 2.05) is 0 Å². The Bertz CT molecular complexity index is 562. The predicted octanol–water partition coefficient (Wildman–Crippen LogP) is 2.87. The van der Waals surface area contributed by atoms with E-state index in [-0.39, 0.29) is 0 Å². The van der Waals surface area contributed by atoms with Crippen molar-refractivity contribution in [1.29, 1.82) is 0 Å². The fraction of sp³-hybridized carbons (Fsp3) is 0.385. The number of ether oxygens (including phenoxy) is 1. The monoisotopic (exact) mass is 317 g/mol. The van der Waals surface area contributed by atoms with Crippen LogP contribution in [0.3, 0.4) is 0 Å². The Morgan fingerprint density at radius 1 is 1.25 bits per heavy atom. The Morgan fingerprint density at radius 2 is 1.90 bits per heavy atom. The van der Waals surface area contributed by atoms with Gasteiger partial charge in [-0.25, -0.2) is 4.79 Å². The van der Waals surface area contributed by atoms with Gasteiger partial charge < -0.3 is 15.2 Å². The normalized spacial score (nSPS) is 21.8. The SMILES string of the molecule is Cc1cc(Cl)c(NC(=O)[C@@H]2CC[C@H](C(=O)O)O2)cc1Cl. The lowest BCUT2D eigenvalue weighted by molar-refractivity contribution is -0.150. The Hall–Kier alpha value is -1.30. The molecule has 0 bridgehead atoms. The van der Waals surface area contributed by atoms with Gasteiger partial charge in [0.05, 0.1) is 10.7 Å². The molecule has 0 unspecified atom stereocenters. The standard InChI is InChI=1S/C13H13Cl2NO4/c1-6-4-8(15)9(5-7(6)14)16-12(17)10-2-3-11(20-10)13(18)19/h4-5,10-11H,2-3H2,1H3,(H,16,17)(H,18,19)/t10-,11+/m0/s1. The molecule has 1 aliphatic heterocycles. The van der Waals surface area contributed by atoms with Gasteiger partial charge in [0.1, 0.15) is 6.10 Å². The lowest BCUT2D eigenvalue weighted by atomic mass is 10.1. The molecule has 0 saturated carbocycles. The van der Waals surface area contributed by atoms with Crippen molar-refractivity contribution in [3.63, 3.8) is 0 Å². The largest absolute Gasteiger partial charge is 0.479 e. The molecule has 0 aromatic heterocycles. The van der Waals surface area contributed by atoms with Gasteiger partial charge in [-0.1, -0.05) is 23.2 Å². The minimum absolute atomic E-state index is 0.315. The molecule has 2 N–H and O–H groups in total. The van der Waals surface area contributed by atoms with Gasteiger partial charge in [0, 0.05) is 5.02 Å². The van der Waals surface area contributed by atoms with Crippen LogP contribution in [-0.2, 0) is 14.3 Å². The van der Waals surface area contributed by atoms with Crippen molar-refractivity contribution in [2.45, 2.75) is 32.0 Å². The third-order valence-electron chi connectivity index (χ3n) is 3.09. The number of rotatable bonds is 3. The molecule has 2 rings (SSSR count). The van der Waals surface area contributed by atoms with Crippen molar-refractivity contribution in [1.82, 2.24) is 0 Å². The smallest absolute Gasteiger partial charge is 0.332 e. The van der Waals surface area contributed by atoms with Crippen molar-refractivity contribution in [2.24, 2.45) is 0 Å². The molecule has 0 aliphatic carbocycles. The maximum atomic E-state index is 12.0. The number of carboxylic acids is 1. The van der Waals surface area contributed by atoms with E-state index >= 15 is 0 Å². The number of nitrogens with one attached hydrogen (secondary N) is 1. The van der Waals surface area contributed by atoms with Crippen LogP contribution in [0.5, 0.6) is 0 Å². The van der Waals surface area contributed by atoms with E-state index in [2.05, 4.69) is 5.32 Å². The van der Waals surface area contributed by atoms with Crippen molar-refractivity contribution in [3.05, 3.63) is 27.7 Å². The molecular weight excluding hydrogens is 305 g/mol. The fourth-order valence-electron chi connectivity index (χ4n) is 1.97. The second-order valence-corrected chi connectivity index (χ2v) is 5.41.